The van der Waals surface area contributed by atoms with Gasteiger partial charge in [-0.2, -0.15) is 5.26 Å². The van der Waals surface area contributed by atoms with Gasteiger partial charge in [0.15, 0.2) is 0 Å². The van der Waals surface area contributed by atoms with Crippen LogP contribution in [0.15, 0.2) is 0 Å². The second-order valence-corrected chi connectivity index (χ2v) is 4.02. The molecule has 4 nitrogen and oxygen atoms in total. The second kappa shape index (κ2) is 11.8. The van der Waals surface area contributed by atoms with Crippen LogP contribution in [0.5, 0.6) is 0 Å². The van der Waals surface area contributed by atoms with Gasteiger partial charge >= 0.3 is 0 Å². The fraction of sp³-hybridized carbons (Fsp3) is 0.923. The number of nitriles is 1. The Bertz CT molecular complexity index is 197. The molecule has 0 aromatic heterocycles. The lowest BCUT2D eigenvalue weighted by molar-refractivity contribution is 0.0364. The summed E-state index contributed by atoms with van der Waals surface area (Å²) >= 11 is 0. The van der Waals surface area contributed by atoms with E-state index in [-0.39, 0.29) is 0 Å². The summed E-state index contributed by atoms with van der Waals surface area (Å²) < 4.78 is 5.29. The van der Waals surface area contributed by atoms with Crippen molar-refractivity contribution in [3.05, 3.63) is 0 Å². The highest BCUT2D eigenvalue weighted by atomic mass is 16.5. The first-order chi connectivity index (χ1) is 8.33. The standard InChI is InChI=1S/C11H21N3O.C2H6/c1-13(5-2-4-12)6-3-7-14-8-10-15-11-9-14;1-2/h2-3,5-11H2,1H3;1-2H3. The molecular formula is C13H27N3O. The van der Waals surface area contributed by atoms with Gasteiger partial charge in [0.25, 0.3) is 0 Å². The molecule has 1 fully saturated rings. The average molecular weight is 241 g/mol. The molecule has 1 aliphatic heterocycles. The molecule has 0 radical (unpaired) electrons. The lowest BCUT2D eigenvalue weighted by Gasteiger charge is -2.27. The maximum atomic E-state index is 8.45. The molecule has 1 aliphatic rings. The largest absolute Gasteiger partial charge is 0.379 e. The Balaban J connectivity index is 0.00000121. The zero-order valence-electron chi connectivity index (χ0n) is 11.6. The first kappa shape index (κ1) is 16.4. The van der Waals surface area contributed by atoms with Gasteiger partial charge in [0.1, 0.15) is 0 Å². The third-order valence-corrected chi connectivity index (χ3v) is 2.72. The second-order valence-electron chi connectivity index (χ2n) is 4.02. The smallest absolute Gasteiger partial charge is 0.0635 e. The van der Waals surface area contributed by atoms with Gasteiger partial charge in [-0.3, -0.25) is 4.90 Å². The third-order valence-electron chi connectivity index (χ3n) is 2.72. The lowest BCUT2D eigenvalue weighted by Crippen LogP contribution is -2.37. The Morgan fingerprint density at radius 1 is 1.24 bits per heavy atom. The fourth-order valence-electron chi connectivity index (χ4n) is 1.74. The summed E-state index contributed by atoms with van der Waals surface area (Å²) in [5.74, 6) is 0. The Kier molecular flexibility index (Phi) is 11.4. The maximum absolute atomic E-state index is 8.45. The Morgan fingerprint density at radius 2 is 1.88 bits per heavy atom. The Morgan fingerprint density at radius 3 is 2.47 bits per heavy atom. The summed E-state index contributed by atoms with van der Waals surface area (Å²) in [5, 5.41) is 8.45. The molecule has 4 heteroatoms. The van der Waals surface area contributed by atoms with Crippen molar-refractivity contribution in [2.24, 2.45) is 0 Å². The molecule has 0 N–H and O–H groups in total. The van der Waals surface area contributed by atoms with E-state index in [1.807, 2.05) is 13.8 Å². The van der Waals surface area contributed by atoms with Crippen molar-refractivity contribution in [2.45, 2.75) is 26.7 Å². The number of hydrogen-bond donors (Lipinski definition) is 0. The van der Waals surface area contributed by atoms with E-state index >= 15 is 0 Å². The first-order valence-corrected chi connectivity index (χ1v) is 6.68. The predicted octanol–water partition coefficient (Wildman–Crippen LogP) is 1.58. The van der Waals surface area contributed by atoms with E-state index in [0.717, 1.165) is 45.9 Å². The molecule has 0 aromatic carbocycles. The van der Waals surface area contributed by atoms with Crippen LogP contribution < -0.4 is 0 Å². The van der Waals surface area contributed by atoms with Crippen LogP contribution in [0.4, 0.5) is 0 Å². The van der Waals surface area contributed by atoms with E-state index in [9.17, 15) is 0 Å². The molecule has 17 heavy (non-hydrogen) atoms. The zero-order valence-corrected chi connectivity index (χ0v) is 11.6. The third kappa shape index (κ3) is 9.11. The van der Waals surface area contributed by atoms with Crippen LogP contribution in [0.2, 0.25) is 0 Å². The highest BCUT2D eigenvalue weighted by Crippen LogP contribution is 1.99. The summed E-state index contributed by atoms with van der Waals surface area (Å²) in [7, 11) is 2.08. The molecule has 0 amide bonds. The zero-order chi connectivity index (χ0) is 12.9. The summed E-state index contributed by atoms with van der Waals surface area (Å²) in [6.07, 6.45) is 1.82. The topological polar surface area (TPSA) is 39.5 Å². The van der Waals surface area contributed by atoms with Gasteiger partial charge in [0.05, 0.1) is 19.3 Å². The van der Waals surface area contributed by atoms with Gasteiger partial charge in [-0.05, 0) is 26.6 Å². The minimum atomic E-state index is 0.633. The molecule has 1 rings (SSSR count). The van der Waals surface area contributed by atoms with Crippen molar-refractivity contribution in [1.29, 1.82) is 5.26 Å². The molecular weight excluding hydrogens is 214 g/mol. The van der Waals surface area contributed by atoms with Crippen LogP contribution in [0, 0.1) is 11.3 Å². The molecule has 0 aliphatic carbocycles. The van der Waals surface area contributed by atoms with Gasteiger partial charge in [0, 0.05) is 26.1 Å². The van der Waals surface area contributed by atoms with Gasteiger partial charge in [-0.1, -0.05) is 13.8 Å². The van der Waals surface area contributed by atoms with E-state index < -0.39 is 0 Å². The van der Waals surface area contributed by atoms with E-state index in [1.165, 1.54) is 6.42 Å². The van der Waals surface area contributed by atoms with Crippen LogP contribution in [0.3, 0.4) is 0 Å². The van der Waals surface area contributed by atoms with Crippen LogP contribution in [-0.4, -0.2) is 62.8 Å². The lowest BCUT2D eigenvalue weighted by atomic mass is 10.3. The van der Waals surface area contributed by atoms with Crippen molar-refractivity contribution in [3.63, 3.8) is 0 Å². The molecule has 100 valence electrons. The Labute approximate surface area is 106 Å². The molecule has 0 saturated carbocycles. The number of hydrogen-bond acceptors (Lipinski definition) is 4. The normalized spacial score (nSPS) is 16.2. The van der Waals surface area contributed by atoms with Crippen LogP contribution in [0.1, 0.15) is 26.7 Å². The highest BCUT2D eigenvalue weighted by molar-refractivity contribution is 4.71. The minimum absolute atomic E-state index is 0.633. The van der Waals surface area contributed by atoms with E-state index in [2.05, 4.69) is 22.9 Å². The minimum Gasteiger partial charge on any atom is -0.379 e. The monoisotopic (exact) mass is 241 g/mol. The van der Waals surface area contributed by atoms with Gasteiger partial charge in [0.2, 0.25) is 0 Å². The molecule has 1 heterocycles. The van der Waals surface area contributed by atoms with Crippen LogP contribution in [0.25, 0.3) is 0 Å². The van der Waals surface area contributed by atoms with E-state index in [1.54, 1.807) is 0 Å². The molecule has 0 spiro atoms. The van der Waals surface area contributed by atoms with Gasteiger partial charge < -0.3 is 9.64 Å². The molecule has 1 saturated heterocycles. The van der Waals surface area contributed by atoms with Crippen LogP contribution >= 0.6 is 0 Å². The van der Waals surface area contributed by atoms with Crippen LogP contribution in [-0.2, 0) is 4.74 Å². The highest BCUT2D eigenvalue weighted by Gasteiger charge is 2.09. The van der Waals surface area contributed by atoms with E-state index in [4.69, 9.17) is 10.00 Å². The predicted molar refractivity (Wildman–Crippen MR) is 71.0 cm³/mol. The van der Waals surface area contributed by atoms with Crippen molar-refractivity contribution in [2.75, 3.05) is 53.0 Å². The summed E-state index contributed by atoms with van der Waals surface area (Å²) in [6, 6.07) is 2.17. The van der Waals surface area contributed by atoms with Crippen molar-refractivity contribution < 1.29 is 4.74 Å². The van der Waals surface area contributed by atoms with Gasteiger partial charge in [-0.15, -0.1) is 0 Å². The quantitative estimate of drug-likeness (QED) is 0.708. The van der Waals surface area contributed by atoms with Crippen molar-refractivity contribution >= 4 is 0 Å². The van der Waals surface area contributed by atoms with E-state index in [0.29, 0.717) is 6.42 Å². The number of ether oxygens (including phenoxy) is 1. The van der Waals surface area contributed by atoms with Crippen molar-refractivity contribution in [3.8, 4) is 6.07 Å². The van der Waals surface area contributed by atoms with Crippen molar-refractivity contribution in [1.82, 2.24) is 9.80 Å². The molecule has 0 bridgehead atoms. The number of nitrogens with zero attached hydrogens (tertiary/aromatic N) is 3. The molecule has 0 unspecified atom stereocenters. The molecule has 0 aromatic rings. The SMILES string of the molecule is CC.CN(CCC#N)CCCN1CCOCC1. The summed E-state index contributed by atoms with van der Waals surface area (Å²) in [4.78, 5) is 4.67. The molecule has 0 atom stereocenters. The fourth-order valence-corrected chi connectivity index (χ4v) is 1.74. The summed E-state index contributed by atoms with van der Waals surface area (Å²) in [6.45, 7) is 11.0. The first-order valence-electron chi connectivity index (χ1n) is 6.68. The van der Waals surface area contributed by atoms with Gasteiger partial charge in [-0.25, -0.2) is 0 Å². The maximum Gasteiger partial charge on any atom is 0.0635 e. The number of rotatable bonds is 6. The Hall–Kier alpha value is -0.630. The number of morpholine rings is 1. The summed E-state index contributed by atoms with van der Waals surface area (Å²) in [5.41, 5.74) is 0. The average Bonchev–Trinajstić information content (AvgIpc) is 2.40.